The summed E-state index contributed by atoms with van der Waals surface area (Å²) < 4.78 is 3.40. The van der Waals surface area contributed by atoms with Crippen molar-refractivity contribution in [2.75, 3.05) is 25.0 Å². The molecule has 0 saturated carbocycles. The number of fused-ring (bicyclic) bond motifs is 4. The molecule has 1 spiro atoms. The molecule has 29 heavy (non-hydrogen) atoms. The molecule has 2 aromatic carbocycles. The first-order valence-corrected chi connectivity index (χ1v) is 11.1. The molecule has 2 aliphatic rings. The van der Waals surface area contributed by atoms with Gasteiger partial charge in [0.2, 0.25) is 0 Å². The van der Waals surface area contributed by atoms with Crippen LogP contribution in [0, 0.1) is 0 Å². The number of piperidine rings is 1. The topological polar surface area (TPSA) is 40.4 Å². The van der Waals surface area contributed by atoms with Crippen LogP contribution in [0.25, 0.3) is 5.69 Å². The molecule has 3 heterocycles. The summed E-state index contributed by atoms with van der Waals surface area (Å²) >= 11 is 3.47. The molecule has 0 radical (unpaired) electrons. The van der Waals surface area contributed by atoms with Gasteiger partial charge < -0.3 is 15.0 Å². The van der Waals surface area contributed by atoms with E-state index in [0.29, 0.717) is 13.0 Å². The second-order valence-corrected chi connectivity index (χ2v) is 9.23. The van der Waals surface area contributed by atoms with E-state index in [1.165, 1.54) is 22.6 Å². The van der Waals surface area contributed by atoms with Gasteiger partial charge in [-0.3, -0.25) is 4.90 Å². The third kappa shape index (κ3) is 3.63. The van der Waals surface area contributed by atoms with E-state index in [1.807, 2.05) is 12.1 Å². The van der Waals surface area contributed by atoms with Gasteiger partial charge in [0, 0.05) is 29.5 Å². The third-order valence-corrected chi connectivity index (χ3v) is 6.73. The number of rotatable bonds is 4. The monoisotopic (exact) mass is 451 g/mol. The van der Waals surface area contributed by atoms with Gasteiger partial charge in [-0.15, -0.1) is 0 Å². The van der Waals surface area contributed by atoms with Crippen molar-refractivity contribution in [2.45, 2.75) is 30.9 Å². The zero-order valence-electron chi connectivity index (χ0n) is 16.4. The van der Waals surface area contributed by atoms with Crippen molar-refractivity contribution in [3.8, 4) is 5.69 Å². The van der Waals surface area contributed by atoms with Crippen molar-refractivity contribution in [3.63, 3.8) is 0 Å². The Balaban J connectivity index is 1.34. The molecule has 150 valence electrons. The Hall–Kier alpha value is -2.08. The molecule has 3 aromatic rings. The number of halogens is 1. The van der Waals surface area contributed by atoms with Crippen molar-refractivity contribution >= 4 is 21.6 Å². The predicted octanol–water partition coefficient (Wildman–Crippen LogP) is 4.56. The summed E-state index contributed by atoms with van der Waals surface area (Å²) in [6.45, 7) is 2.63. The van der Waals surface area contributed by atoms with Gasteiger partial charge in [0.25, 0.3) is 0 Å². The summed E-state index contributed by atoms with van der Waals surface area (Å²) in [5.74, 6) is 0. The number of nitrogens with zero attached hydrogens (tertiary/aromatic N) is 2. The first kappa shape index (κ1) is 18.9. The molecular formula is C24H26BrN3O. The average Bonchev–Trinajstić information content (AvgIpc) is 3.21. The molecule has 5 rings (SSSR count). The lowest BCUT2D eigenvalue weighted by Gasteiger charge is -2.47. The minimum atomic E-state index is -0.367. The van der Waals surface area contributed by atoms with Crippen LogP contribution in [0.4, 0.5) is 5.69 Å². The fourth-order valence-electron chi connectivity index (χ4n) is 4.96. The Morgan fingerprint density at radius 2 is 1.90 bits per heavy atom. The minimum Gasteiger partial charge on any atom is -0.391 e. The smallest absolute Gasteiger partial charge is 0.0908 e. The number of anilines is 1. The Bertz CT molecular complexity index is 999. The molecule has 1 fully saturated rings. The first-order chi connectivity index (χ1) is 14.1. The van der Waals surface area contributed by atoms with Crippen LogP contribution in [0.5, 0.6) is 0 Å². The highest BCUT2D eigenvalue weighted by molar-refractivity contribution is 9.10. The van der Waals surface area contributed by atoms with Crippen LogP contribution in [-0.4, -0.2) is 40.3 Å². The molecule has 1 aromatic heterocycles. The van der Waals surface area contributed by atoms with Crippen LogP contribution in [-0.2, 0) is 12.0 Å². The van der Waals surface area contributed by atoms with Gasteiger partial charge in [0.05, 0.1) is 23.0 Å². The number of aliphatic hydroxyl groups is 1. The first-order valence-electron chi connectivity index (χ1n) is 10.3. The largest absolute Gasteiger partial charge is 0.391 e. The number of aromatic nitrogens is 1. The molecule has 2 N–H and O–H groups in total. The van der Waals surface area contributed by atoms with Gasteiger partial charge >= 0.3 is 0 Å². The van der Waals surface area contributed by atoms with E-state index in [4.69, 9.17) is 0 Å². The Kier molecular flexibility index (Phi) is 4.98. The van der Waals surface area contributed by atoms with Crippen LogP contribution < -0.4 is 5.32 Å². The van der Waals surface area contributed by atoms with Crippen LogP contribution in [0.3, 0.4) is 0 Å². The van der Waals surface area contributed by atoms with E-state index >= 15 is 0 Å². The van der Waals surface area contributed by atoms with E-state index in [-0.39, 0.29) is 11.6 Å². The van der Waals surface area contributed by atoms with Gasteiger partial charge in [0.1, 0.15) is 0 Å². The second-order valence-electron chi connectivity index (χ2n) is 8.31. The van der Waals surface area contributed by atoms with Crippen molar-refractivity contribution in [3.05, 3.63) is 82.6 Å². The molecule has 2 aliphatic heterocycles. The summed E-state index contributed by atoms with van der Waals surface area (Å²) in [6.07, 6.45) is 4.70. The fraction of sp³-hybridized carbons (Fsp3) is 0.333. The van der Waals surface area contributed by atoms with Crippen molar-refractivity contribution < 1.29 is 5.11 Å². The van der Waals surface area contributed by atoms with Gasteiger partial charge in [-0.1, -0.05) is 40.2 Å². The van der Waals surface area contributed by atoms with Crippen LogP contribution >= 0.6 is 15.9 Å². The number of hydrogen-bond donors (Lipinski definition) is 2. The third-order valence-electron chi connectivity index (χ3n) is 6.20. The molecule has 0 amide bonds. The average molecular weight is 452 g/mol. The quantitative estimate of drug-likeness (QED) is 0.610. The Labute approximate surface area is 180 Å². The van der Waals surface area contributed by atoms with E-state index in [2.05, 4.69) is 85.4 Å². The standard InChI is InChI=1S/C24H26BrN3O/c25-19-10-8-18(9-11-19)15-20(29)16-27-13-4-12-24(17-27)23-7-3-14-28(23)22-6-2-1-5-21(22)26-24/h1-3,5-11,14,20,26,29H,4,12-13,15-17H2/t20-,24+/m1/s1. The van der Waals surface area contributed by atoms with Gasteiger partial charge in [0.15, 0.2) is 0 Å². The van der Waals surface area contributed by atoms with Crippen molar-refractivity contribution in [2.24, 2.45) is 0 Å². The normalized spacial score (nSPS) is 22.0. The summed E-state index contributed by atoms with van der Waals surface area (Å²) in [5.41, 5.74) is 4.79. The van der Waals surface area contributed by atoms with E-state index in [9.17, 15) is 5.11 Å². The highest BCUT2D eigenvalue weighted by Gasteiger charge is 2.42. The highest BCUT2D eigenvalue weighted by Crippen LogP contribution is 2.42. The zero-order valence-corrected chi connectivity index (χ0v) is 18.0. The van der Waals surface area contributed by atoms with Gasteiger partial charge in [-0.05, 0) is 67.8 Å². The number of likely N-dealkylation sites (tertiary alicyclic amines) is 1. The number of para-hydroxylation sites is 2. The van der Waals surface area contributed by atoms with Gasteiger partial charge in [-0.25, -0.2) is 0 Å². The number of benzene rings is 2. The lowest BCUT2D eigenvalue weighted by molar-refractivity contribution is 0.0782. The van der Waals surface area contributed by atoms with E-state index < -0.39 is 0 Å². The minimum absolute atomic E-state index is 0.104. The number of nitrogens with one attached hydrogen (secondary N) is 1. The van der Waals surface area contributed by atoms with E-state index in [0.717, 1.165) is 30.4 Å². The fourth-order valence-corrected chi connectivity index (χ4v) is 5.22. The van der Waals surface area contributed by atoms with Gasteiger partial charge in [-0.2, -0.15) is 0 Å². The molecule has 4 nitrogen and oxygen atoms in total. The zero-order chi connectivity index (χ0) is 19.8. The van der Waals surface area contributed by atoms with Crippen molar-refractivity contribution in [1.82, 2.24) is 9.47 Å². The lowest BCUT2D eigenvalue weighted by Crippen LogP contribution is -2.54. The maximum absolute atomic E-state index is 10.7. The lowest BCUT2D eigenvalue weighted by atomic mass is 9.83. The molecule has 0 unspecified atom stereocenters. The molecular weight excluding hydrogens is 426 g/mol. The molecule has 1 saturated heterocycles. The summed E-state index contributed by atoms with van der Waals surface area (Å²) in [6, 6.07) is 21.1. The summed E-state index contributed by atoms with van der Waals surface area (Å²) in [4.78, 5) is 2.42. The molecule has 0 bridgehead atoms. The Morgan fingerprint density at radius 3 is 2.76 bits per heavy atom. The van der Waals surface area contributed by atoms with E-state index in [1.54, 1.807) is 0 Å². The molecule has 0 aliphatic carbocycles. The maximum atomic E-state index is 10.7. The van der Waals surface area contributed by atoms with Crippen LogP contribution in [0.15, 0.2) is 71.3 Å². The second kappa shape index (κ2) is 7.63. The molecule has 2 atom stereocenters. The summed E-state index contributed by atoms with van der Waals surface area (Å²) in [7, 11) is 0. The SMILES string of the molecule is O[C@H](Cc1ccc(Br)cc1)CN1CCC[C@@]2(C1)Nc1ccccc1-n1cccc12. The number of β-amino-alcohol motifs (C(OH)–C–C–N with tert-alkyl or cyclic N) is 1. The van der Waals surface area contributed by atoms with Crippen LogP contribution in [0.2, 0.25) is 0 Å². The van der Waals surface area contributed by atoms with Crippen LogP contribution in [0.1, 0.15) is 24.1 Å². The Morgan fingerprint density at radius 1 is 1.07 bits per heavy atom. The number of aliphatic hydroxyl groups excluding tert-OH is 1. The number of hydrogen-bond acceptors (Lipinski definition) is 3. The maximum Gasteiger partial charge on any atom is 0.0908 e. The van der Waals surface area contributed by atoms with Crippen molar-refractivity contribution in [1.29, 1.82) is 0 Å². The summed E-state index contributed by atoms with van der Waals surface area (Å²) in [5, 5.41) is 14.6. The molecule has 5 heteroatoms. The highest BCUT2D eigenvalue weighted by atomic mass is 79.9. The predicted molar refractivity (Wildman–Crippen MR) is 121 cm³/mol.